The van der Waals surface area contributed by atoms with Crippen LogP contribution in [0.2, 0.25) is 0 Å². The van der Waals surface area contributed by atoms with Gasteiger partial charge in [-0.2, -0.15) is 4.98 Å². The minimum absolute atomic E-state index is 0.0674. The van der Waals surface area contributed by atoms with Crippen LogP contribution in [-0.4, -0.2) is 19.7 Å². The van der Waals surface area contributed by atoms with Gasteiger partial charge in [0.15, 0.2) is 9.84 Å². The van der Waals surface area contributed by atoms with Gasteiger partial charge in [0.25, 0.3) is 0 Å². The van der Waals surface area contributed by atoms with E-state index in [9.17, 15) is 8.42 Å². The molecule has 0 saturated carbocycles. The van der Waals surface area contributed by atoms with Crippen molar-refractivity contribution in [2.45, 2.75) is 10.8 Å². The van der Waals surface area contributed by atoms with Gasteiger partial charge in [-0.15, -0.1) is 11.6 Å². The summed E-state index contributed by atoms with van der Waals surface area (Å²) in [5.74, 6) is 0.672. The Kier molecular flexibility index (Phi) is 3.58. The first kappa shape index (κ1) is 12.9. The summed E-state index contributed by atoms with van der Waals surface area (Å²) in [5.41, 5.74) is 0.569. The van der Waals surface area contributed by atoms with Crippen LogP contribution in [-0.2, 0) is 15.7 Å². The van der Waals surface area contributed by atoms with E-state index >= 15 is 0 Å². The Hall–Kier alpha value is -1.53. The molecule has 0 saturated heterocycles. The molecule has 2 aromatic rings. The summed E-state index contributed by atoms with van der Waals surface area (Å²) in [5, 5.41) is 0. The van der Waals surface area contributed by atoms with Gasteiger partial charge in [-0.3, -0.25) is 0 Å². The second-order valence-corrected chi connectivity index (χ2v) is 5.87. The number of nitrogens with zero attached hydrogens (tertiary/aromatic N) is 1. The van der Waals surface area contributed by atoms with Crippen LogP contribution in [0.4, 0.5) is 0 Å². The Morgan fingerprint density at radius 1 is 1.33 bits per heavy atom. The molecule has 1 heterocycles. The summed E-state index contributed by atoms with van der Waals surface area (Å²) >= 11 is 5.57. The minimum atomic E-state index is -3.20. The van der Waals surface area contributed by atoms with Crippen molar-refractivity contribution in [2.75, 3.05) is 6.26 Å². The first-order valence-corrected chi connectivity index (χ1v) is 7.40. The SMILES string of the molecule is CS(=O)(=O)c1ccc(Oc2nc(CCl)co2)cc1. The summed E-state index contributed by atoms with van der Waals surface area (Å²) < 4.78 is 32.8. The molecule has 0 atom stereocenters. The highest BCUT2D eigenvalue weighted by molar-refractivity contribution is 7.90. The lowest BCUT2D eigenvalue weighted by Gasteiger charge is -2.01. The summed E-state index contributed by atoms with van der Waals surface area (Å²) in [6.45, 7) is 0. The molecular formula is C11H10ClNO4S. The lowest BCUT2D eigenvalue weighted by molar-refractivity contribution is 0.330. The van der Waals surface area contributed by atoms with E-state index in [1.807, 2.05) is 0 Å². The van der Waals surface area contributed by atoms with Gasteiger partial charge in [-0.05, 0) is 24.3 Å². The Labute approximate surface area is 109 Å². The predicted octanol–water partition coefficient (Wildman–Crippen LogP) is 2.61. The Morgan fingerprint density at radius 3 is 2.50 bits per heavy atom. The van der Waals surface area contributed by atoms with Crippen LogP contribution >= 0.6 is 11.6 Å². The molecule has 18 heavy (non-hydrogen) atoms. The quantitative estimate of drug-likeness (QED) is 0.809. The molecule has 0 unspecified atom stereocenters. The zero-order valence-electron chi connectivity index (χ0n) is 9.46. The van der Waals surface area contributed by atoms with E-state index in [-0.39, 0.29) is 16.9 Å². The van der Waals surface area contributed by atoms with Crippen molar-refractivity contribution in [1.82, 2.24) is 4.98 Å². The van der Waals surface area contributed by atoms with E-state index < -0.39 is 9.84 Å². The maximum atomic E-state index is 11.3. The molecule has 0 aliphatic heterocycles. The summed E-state index contributed by atoms with van der Waals surface area (Å²) in [6, 6.07) is 5.97. The molecule has 1 aromatic carbocycles. The number of halogens is 1. The maximum Gasteiger partial charge on any atom is 0.399 e. The number of benzene rings is 1. The van der Waals surface area contributed by atoms with Crippen LogP contribution in [0.25, 0.3) is 0 Å². The number of sulfone groups is 1. The Balaban J connectivity index is 2.15. The third-order valence-corrected chi connectivity index (χ3v) is 3.53. The molecule has 0 amide bonds. The third-order valence-electron chi connectivity index (χ3n) is 2.12. The number of oxazole rings is 1. The molecule has 5 nitrogen and oxygen atoms in total. The van der Waals surface area contributed by atoms with Crippen LogP contribution in [0.5, 0.6) is 11.8 Å². The van der Waals surface area contributed by atoms with Crippen molar-refractivity contribution in [3.63, 3.8) is 0 Å². The van der Waals surface area contributed by atoms with E-state index in [1.165, 1.54) is 30.5 Å². The van der Waals surface area contributed by atoms with Crippen molar-refractivity contribution in [2.24, 2.45) is 0 Å². The van der Waals surface area contributed by atoms with Crippen LogP contribution in [0.3, 0.4) is 0 Å². The van der Waals surface area contributed by atoms with Gasteiger partial charge in [-0.25, -0.2) is 8.42 Å². The smallest absolute Gasteiger partial charge is 0.399 e. The summed E-state index contributed by atoms with van der Waals surface area (Å²) in [7, 11) is -3.20. The highest BCUT2D eigenvalue weighted by Gasteiger charge is 2.09. The second-order valence-electron chi connectivity index (χ2n) is 3.58. The van der Waals surface area contributed by atoms with E-state index in [0.717, 1.165) is 6.26 Å². The topological polar surface area (TPSA) is 69.4 Å². The molecule has 2 rings (SSSR count). The highest BCUT2D eigenvalue weighted by Crippen LogP contribution is 2.22. The number of hydrogen-bond acceptors (Lipinski definition) is 5. The number of hydrogen-bond donors (Lipinski definition) is 0. The third kappa shape index (κ3) is 3.02. The standard InChI is InChI=1S/C11H10ClNO4S/c1-18(14,15)10-4-2-9(3-5-10)17-11-13-8(6-12)7-16-11/h2-5,7H,6H2,1H3. The molecule has 0 N–H and O–H groups in total. The monoisotopic (exact) mass is 287 g/mol. The van der Waals surface area contributed by atoms with Crippen LogP contribution in [0, 0.1) is 0 Å². The van der Waals surface area contributed by atoms with Crippen molar-refractivity contribution >= 4 is 21.4 Å². The van der Waals surface area contributed by atoms with Crippen molar-refractivity contribution < 1.29 is 17.6 Å². The summed E-state index contributed by atoms with van der Waals surface area (Å²) in [4.78, 5) is 4.18. The van der Waals surface area contributed by atoms with Gasteiger partial charge in [0, 0.05) is 6.26 Å². The molecule has 96 valence electrons. The second kappa shape index (κ2) is 4.99. The number of rotatable bonds is 4. The fraction of sp³-hybridized carbons (Fsp3) is 0.182. The normalized spacial score (nSPS) is 11.4. The number of ether oxygens (including phenoxy) is 1. The van der Waals surface area contributed by atoms with Gasteiger partial charge < -0.3 is 9.15 Å². The fourth-order valence-electron chi connectivity index (χ4n) is 1.25. The first-order valence-electron chi connectivity index (χ1n) is 4.97. The molecule has 0 fully saturated rings. The molecule has 7 heteroatoms. The zero-order chi connectivity index (χ0) is 13.2. The molecular weight excluding hydrogens is 278 g/mol. The van der Waals surface area contributed by atoms with E-state index in [4.69, 9.17) is 20.8 Å². The lowest BCUT2D eigenvalue weighted by atomic mass is 10.3. The van der Waals surface area contributed by atoms with E-state index in [0.29, 0.717) is 11.4 Å². The largest absolute Gasteiger partial charge is 0.417 e. The Bertz CT molecular complexity index is 633. The Morgan fingerprint density at radius 2 is 2.00 bits per heavy atom. The van der Waals surface area contributed by atoms with E-state index in [2.05, 4.69) is 4.98 Å². The lowest BCUT2D eigenvalue weighted by Crippen LogP contribution is -1.96. The maximum absolute atomic E-state index is 11.3. The van der Waals surface area contributed by atoms with Gasteiger partial charge in [0.05, 0.1) is 16.5 Å². The molecule has 0 aliphatic rings. The van der Waals surface area contributed by atoms with Crippen molar-refractivity contribution in [3.05, 3.63) is 36.2 Å². The van der Waals surface area contributed by atoms with Gasteiger partial charge in [0.2, 0.25) is 0 Å². The molecule has 1 aromatic heterocycles. The van der Waals surface area contributed by atoms with Crippen LogP contribution < -0.4 is 4.74 Å². The minimum Gasteiger partial charge on any atom is -0.417 e. The van der Waals surface area contributed by atoms with E-state index in [1.54, 1.807) is 0 Å². The predicted molar refractivity (Wildman–Crippen MR) is 65.7 cm³/mol. The molecule has 0 aliphatic carbocycles. The molecule has 0 bridgehead atoms. The zero-order valence-corrected chi connectivity index (χ0v) is 11.0. The first-order chi connectivity index (χ1) is 8.49. The highest BCUT2D eigenvalue weighted by atomic mass is 35.5. The van der Waals surface area contributed by atoms with Crippen molar-refractivity contribution in [1.29, 1.82) is 0 Å². The van der Waals surface area contributed by atoms with Crippen LogP contribution in [0.1, 0.15) is 5.69 Å². The molecule has 0 spiro atoms. The van der Waals surface area contributed by atoms with Gasteiger partial charge in [-0.1, -0.05) is 0 Å². The van der Waals surface area contributed by atoms with Crippen LogP contribution in [0.15, 0.2) is 39.8 Å². The molecule has 0 radical (unpaired) electrons. The average Bonchev–Trinajstić information content (AvgIpc) is 2.76. The number of alkyl halides is 1. The number of aromatic nitrogens is 1. The van der Waals surface area contributed by atoms with Gasteiger partial charge in [0.1, 0.15) is 12.0 Å². The summed E-state index contributed by atoms with van der Waals surface area (Å²) in [6.07, 6.45) is 2.61. The van der Waals surface area contributed by atoms with Crippen molar-refractivity contribution in [3.8, 4) is 11.8 Å². The average molecular weight is 288 g/mol. The van der Waals surface area contributed by atoms with Gasteiger partial charge >= 0.3 is 6.08 Å². The fourth-order valence-corrected chi connectivity index (χ4v) is 2.01.